The maximum Gasteiger partial charge on any atom is 0.230 e. The summed E-state index contributed by atoms with van der Waals surface area (Å²) < 4.78 is 5.39. The number of nitrogens with zero attached hydrogens (tertiary/aromatic N) is 1. The lowest BCUT2D eigenvalue weighted by Crippen LogP contribution is -2.43. The van der Waals surface area contributed by atoms with Crippen molar-refractivity contribution in [3.63, 3.8) is 0 Å². The van der Waals surface area contributed by atoms with E-state index >= 15 is 0 Å². The molecule has 4 heteroatoms. The van der Waals surface area contributed by atoms with E-state index < -0.39 is 0 Å². The fourth-order valence-corrected chi connectivity index (χ4v) is 3.45. The summed E-state index contributed by atoms with van der Waals surface area (Å²) in [7, 11) is 0. The van der Waals surface area contributed by atoms with Crippen LogP contribution in [-0.4, -0.2) is 43.4 Å². The van der Waals surface area contributed by atoms with Crippen molar-refractivity contribution >= 4 is 17.7 Å². The fraction of sp³-hybridized carbons (Fsp3) is 0.350. The highest BCUT2D eigenvalue weighted by Gasteiger charge is 2.27. The number of rotatable bonds is 5. The Kier molecular flexibility index (Phi) is 5.94. The van der Waals surface area contributed by atoms with Gasteiger partial charge in [-0.3, -0.25) is 4.79 Å². The van der Waals surface area contributed by atoms with Crippen molar-refractivity contribution in [1.82, 2.24) is 4.90 Å². The van der Waals surface area contributed by atoms with Crippen molar-refractivity contribution in [2.24, 2.45) is 0 Å². The molecule has 0 N–H and O–H groups in total. The molecule has 1 saturated heterocycles. The molecule has 1 unspecified atom stereocenters. The van der Waals surface area contributed by atoms with Crippen LogP contribution in [0.4, 0.5) is 0 Å². The van der Waals surface area contributed by atoms with E-state index in [0.717, 1.165) is 12.0 Å². The Hall–Kier alpha value is -1.78. The van der Waals surface area contributed by atoms with E-state index in [1.807, 2.05) is 23.1 Å². The zero-order valence-electron chi connectivity index (χ0n) is 14.0. The highest BCUT2D eigenvalue weighted by molar-refractivity contribution is 7.98. The molecule has 2 aromatic carbocycles. The molecule has 1 atom stereocenters. The van der Waals surface area contributed by atoms with Crippen molar-refractivity contribution in [3.8, 4) is 0 Å². The number of carbonyl (C=O) groups excluding carboxylic acids is 1. The monoisotopic (exact) mass is 341 g/mol. The molecule has 0 radical (unpaired) electrons. The SMILES string of the molecule is CSc1ccc(C(Cc2ccccc2)C(=O)N2CCOCC2)cc1. The van der Waals surface area contributed by atoms with Gasteiger partial charge < -0.3 is 9.64 Å². The maximum atomic E-state index is 13.1. The third kappa shape index (κ3) is 4.19. The Morgan fingerprint density at radius 3 is 2.38 bits per heavy atom. The van der Waals surface area contributed by atoms with E-state index in [2.05, 4.69) is 42.7 Å². The molecule has 3 nitrogen and oxygen atoms in total. The molecule has 0 aliphatic carbocycles. The molecule has 0 saturated carbocycles. The quantitative estimate of drug-likeness (QED) is 0.778. The molecule has 0 spiro atoms. The van der Waals surface area contributed by atoms with Crippen LogP contribution in [-0.2, 0) is 16.0 Å². The maximum absolute atomic E-state index is 13.1. The Balaban J connectivity index is 1.85. The van der Waals surface area contributed by atoms with E-state index in [1.54, 1.807) is 11.8 Å². The van der Waals surface area contributed by atoms with Crippen LogP contribution >= 0.6 is 11.8 Å². The van der Waals surface area contributed by atoms with Crippen LogP contribution < -0.4 is 0 Å². The number of carbonyl (C=O) groups is 1. The van der Waals surface area contributed by atoms with Crippen molar-refractivity contribution < 1.29 is 9.53 Å². The molecular formula is C20H23NO2S. The van der Waals surface area contributed by atoms with Gasteiger partial charge in [-0.1, -0.05) is 42.5 Å². The van der Waals surface area contributed by atoms with Crippen LogP contribution in [0.3, 0.4) is 0 Å². The van der Waals surface area contributed by atoms with E-state index in [-0.39, 0.29) is 11.8 Å². The van der Waals surface area contributed by atoms with Gasteiger partial charge in [0.2, 0.25) is 5.91 Å². The summed E-state index contributed by atoms with van der Waals surface area (Å²) >= 11 is 1.72. The van der Waals surface area contributed by atoms with Gasteiger partial charge in [0.1, 0.15) is 0 Å². The summed E-state index contributed by atoms with van der Waals surface area (Å²) in [6.45, 7) is 2.64. The first-order chi connectivity index (χ1) is 11.8. The molecule has 1 aliphatic rings. The number of hydrogen-bond acceptors (Lipinski definition) is 3. The largest absolute Gasteiger partial charge is 0.378 e. The predicted octanol–water partition coefficient (Wildman–Crippen LogP) is 3.59. The Morgan fingerprint density at radius 2 is 1.75 bits per heavy atom. The van der Waals surface area contributed by atoms with Crippen molar-refractivity contribution in [1.29, 1.82) is 0 Å². The Morgan fingerprint density at radius 1 is 1.08 bits per heavy atom. The summed E-state index contributed by atoms with van der Waals surface area (Å²) in [6.07, 6.45) is 2.80. The molecule has 1 aliphatic heterocycles. The highest BCUT2D eigenvalue weighted by Crippen LogP contribution is 2.26. The summed E-state index contributed by atoms with van der Waals surface area (Å²) in [5, 5.41) is 0. The molecule has 24 heavy (non-hydrogen) atoms. The molecule has 2 aromatic rings. The number of thioether (sulfide) groups is 1. The second-order valence-electron chi connectivity index (χ2n) is 5.95. The predicted molar refractivity (Wildman–Crippen MR) is 98.5 cm³/mol. The molecule has 0 bridgehead atoms. The fourth-order valence-electron chi connectivity index (χ4n) is 3.04. The minimum Gasteiger partial charge on any atom is -0.378 e. The minimum atomic E-state index is -0.138. The van der Waals surface area contributed by atoms with Gasteiger partial charge >= 0.3 is 0 Å². The standard InChI is InChI=1S/C20H23NO2S/c1-24-18-9-7-17(8-10-18)19(15-16-5-3-2-4-6-16)20(22)21-11-13-23-14-12-21/h2-10,19H,11-15H2,1H3. The third-order valence-electron chi connectivity index (χ3n) is 4.42. The Bertz CT molecular complexity index is 651. The van der Waals surface area contributed by atoms with Gasteiger partial charge in [-0.25, -0.2) is 0 Å². The summed E-state index contributed by atoms with van der Waals surface area (Å²) in [5.74, 6) is 0.0699. The van der Waals surface area contributed by atoms with Crippen molar-refractivity contribution in [2.75, 3.05) is 32.6 Å². The molecule has 1 fully saturated rings. The lowest BCUT2D eigenvalue weighted by molar-refractivity contribution is -0.136. The minimum absolute atomic E-state index is 0.138. The van der Waals surface area contributed by atoms with Crippen LogP contribution in [0.5, 0.6) is 0 Å². The van der Waals surface area contributed by atoms with E-state index in [9.17, 15) is 4.79 Å². The van der Waals surface area contributed by atoms with Gasteiger partial charge in [-0.2, -0.15) is 0 Å². The van der Waals surface area contributed by atoms with Crippen LogP contribution in [0.15, 0.2) is 59.5 Å². The number of benzene rings is 2. The molecule has 3 rings (SSSR count). The second kappa shape index (κ2) is 8.36. The number of amides is 1. The van der Waals surface area contributed by atoms with Crippen LogP contribution in [0, 0.1) is 0 Å². The van der Waals surface area contributed by atoms with Crippen molar-refractivity contribution in [3.05, 3.63) is 65.7 Å². The normalized spacial score (nSPS) is 16.0. The molecule has 1 heterocycles. The average Bonchev–Trinajstić information content (AvgIpc) is 2.67. The average molecular weight is 341 g/mol. The zero-order valence-corrected chi connectivity index (χ0v) is 14.8. The second-order valence-corrected chi connectivity index (χ2v) is 6.83. The smallest absolute Gasteiger partial charge is 0.230 e. The molecule has 1 amide bonds. The number of ether oxygens (including phenoxy) is 1. The first-order valence-electron chi connectivity index (χ1n) is 8.32. The molecule has 126 valence electrons. The lowest BCUT2D eigenvalue weighted by atomic mass is 9.90. The van der Waals surface area contributed by atoms with E-state index in [0.29, 0.717) is 26.3 Å². The van der Waals surface area contributed by atoms with E-state index in [4.69, 9.17) is 4.74 Å². The first kappa shape index (κ1) is 17.1. The van der Waals surface area contributed by atoms with Crippen molar-refractivity contribution in [2.45, 2.75) is 17.2 Å². The highest BCUT2D eigenvalue weighted by atomic mass is 32.2. The first-order valence-corrected chi connectivity index (χ1v) is 9.55. The summed E-state index contributed by atoms with van der Waals surface area (Å²) in [6, 6.07) is 18.6. The lowest BCUT2D eigenvalue weighted by Gasteiger charge is -2.30. The van der Waals surface area contributed by atoms with Gasteiger partial charge in [0.15, 0.2) is 0 Å². The van der Waals surface area contributed by atoms with Gasteiger partial charge in [-0.15, -0.1) is 11.8 Å². The summed E-state index contributed by atoms with van der Waals surface area (Å²) in [4.78, 5) is 16.3. The third-order valence-corrected chi connectivity index (χ3v) is 5.17. The van der Waals surface area contributed by atoms with E-state index in [1.165, 1.54) is 10.5 Å². The van der Waals surface area contributed by atoms with Gasteiger partial charge in [0, 0.05) is 18.0 Å². The number of morpholine rings is 1. The summed E-state index contributed by atoms with van der Waals surface area (Å²) in [5.41, 5.74) is 2.28. The molecule has 0 aromatic heterocycles. The van der Waals surface area contributed by atoms with Gasteiger partial charge in [0.05, 0.1) is 19.1 Å². The van der Waals surface area contributed by atoms with Crippen LogP contribution in [0.1, 0.15) is 17.0 Å². The molecular weight excluding hydrogens is 318 g/mol. The van der Waals surface area contributed by atoms with Crippen LogP contribution in [0.25, 0.3) is 0 Å². The van der Waals surface area contributed by atoms with Gasteiger partial charge in [-0.05, 0) is 35.9 Å². The van der Waals surface area contributed by atoms with Gasteiger partial charge in [0.25, 0.3) is 0 Å². The Labute approximate surface area is 148 Å². The number of hydrogen-bond donors (Lipinski definition) is 0. The topological polar surface area (TPSA) is 29.5 Å². The zero-order chi connectivity index (χ0) is 16.8. The van der Waals surface area contributed by atoms with Crippen LogP contribution in [0.2, 0.25) is 0 Å².